The highest BCUT2D eigenvalue weighted by Gasteiger charge is 2.35. The van der Waals surface area contributed by atoms with Crippen LogP contribution in [0.5, 0.6) is 0 Å². The fourth-order valence-corrected chi connectivity index (χ4v) is 2.52. The van der Waals surface area contributed by atoms with E-state index in [9.17, 15) is 14.7 Å². The molecule has 0 spiro atoms. The van der Waals surface area contributed by atoms with Gasteiger partial charge >= 0.3 is 5.97 Å². The molecule has 130 valence electrons. The van der Waals surface area contributed by atoms with Crippen LogP contribution in [0.1, 0.15) is 19.6 Å². The molecule has 11 heteroatoms. The number of rotatable bonds is 5. The number of fused-ring (bicyclic) bond motifs is 1. The van der Waals surface area contributed by atoms with E-state index in [1.54, 1.807) is 0 Å². The Bertz CT molecular complexity index is 817. The van der Waals surface area contributed by atoms with Gasteiger partial charge in [0.15, 0.2) is 11.2 Å². The van der Waals surface area contributed by atoms with Crippen LogP contribution >= 0.6 is 0 Å². The van der Waals surface area contributed by atoms with Gasteiger partial charge in [-0.1, -0.05) is 0 Å². The van der Waals surface area contributed by atoms with Crippen LogP contribution in [0.25, 0.3) is 11.2 Å². The summed E-state index contributed by atoms with van der Waals surface area (Å²) in [6, 6.07) is -0.953. The van der Waals surface area contributed by atoms with Crippen molar-refractivity contribution >= 4 is 23.1 Å². The minimum Gasteiger partial charge on any atom is -0.480 e. The normalized spacial score (nSPS) is 25.0. The SMILES string of the molecule is C[C@H](Nc1nc2c(ncn2[C@H]2C[C@H](O)[C@@H](CO)O2)c(=O)[nH]1)C(=O)O. The predicted molar refractivity (Wildman–Crippen MR) is 80.5 cm³/mol. The van der Waals surface area contributed by atoms with Gasteiger partial charge in [0.2, 0.25) is 5.95 Å². The Morgan fingerprint density at radius 3 is 3.00 bits per heavy atom. The molecule has 1 saturated heterocycles. The van der Waals surface area contributed by atoms with Crippen LogP contribution in [0.3, 0.4) is 0 Å². The first-order chi connectivity index (χ1) is 11.4. The second-order valence-corrected chi connectivity index (χ2v) is 5.56. The van der Waals surface area contributed by atoms with Crippen LogP contribution in [0, 0.1) is 0 Å². The Hall–Kier alpha value is -2.50. The zero-order valence-corrected chi connectivity index (χ0v) is 12.7. The molecule has 24 heavy (non-hydrogen) atoms. The lowest BCUT2D eigenvalue weighted by atomic mass is 10.2. The molecule has 1 fully saturated rings. The molecule has 11 nitrogen and oxygen atoms in total. The number of imidazole rings is 1. The second kappa shape index (κ2) is 6.19. The number of aliphatic hydroxyl groups is 2. The van der Waals surface area contributed by atoms with Crippen molar-refractivity contribution in [1.82, 2.24) is 19.5 Å². The summed E-state index contributed by atoms with van der Waals surface area (Å²) in [7, 11) is 0. The average Bonchev–Trinajstić information content (AvgIpc) is 3.10. The van der Waals surface area contributed by atoms with Gasteiger partial charge in [0, 0.05) is 6.42 Å². The highest BCUT2D eigenvalue weighted by molar-refractivity contribution is 5.77. The monoisotopic (exact) mass is 339 g/mol. The fraction of sp³-hybridized carbons (Fsp3) is 0.538. The fourth-order valence-electron chi connectivity index (χ4n) is 2.52. The molecule has 0 aromatic carbocycles. The van der Waals surface area contributed by atoms with Gasteiger partial charge in [0.1, 0.15) is 18.4 Å². The van der Waals surface area contributed by atoms with Crippen molar-refractivity contribution < 1.29 is 24.9 Å². The van der Waals surface area contributed by atoms with Crippen molar-refractivity contribution in [2.24, 2.45) is 0 Å². The summed E-state index contributed by atoms with van der Waals surface area (Å²) in [6.45, 7) is 1.08. The van der Waals surface area contributed by atoms with Gasteiger partial charge in [-0.2, -0.15) is 4.98 Å². The number of aliphatic carboxylic acids is 1. The zero-order chi connectivity index (χ0) is 17.4. The van der Waals surface area contributed by atoms with Gasteiger partial charge < -0.3 is 25.4 Å². The zero-order valence-electron chi connectivity index (χ0n) is 12.7. The van der Waals surface area contributed by atoms with Gasteiger partial charge in [-0.25, -0.2) is 4.98 Å². The number of anilines is 1. The van der Waals surface area contributed by atoms with E-state index >= 15 is 0 Å². The third kappa shape index (κ3) is 2.84. The molecule has 0 amide bonds. The largest absolute Gasteiger partial charge is 0.480 e. The van der Waals surface area contributed by atoms with E-state index in [2.05, 4.69) is 20.3 Å². The van der Waals surface area contributed by atoms with E-state index in [4.69, 9.17) is 14.9 Å². The van der Waals surface area contributed by atoms with E-state index in [-0.39, 0.29) is 30.1 Å². The van der Waals surface area contributed by atoms with Crippen LogP contribution in [0.2, 0.25) is 0 Å². The number of nitrogens with zero attached hydrogens (tertiary/aromatic N) is 3. The van der Waals surface area contributed by atoms with Gasteiger partial charge in [-0.3, -0.25) is 19.1 Å². The van der Waals surface area contributed by atoms with Crippen molar-refractivity contribution in [2.45, 2.75) is 37.8 Å². The number of aromatic amines is 1. The Labute approximate surface area is 134 Å². The van der Waals surface area contributed by atoms with E-state index in [1.165, 1.54) is 17.8 Å². The average molecular weight is 339 g/mol. The van der Waals surface area contributed by atoms with Gasteiger partial charge in [0.05, 0.1) is 19.0 Å². The summed E-state index contributed by atoms with van der Waals surface area (Å²) in [4.78, 5) is 33.6. The molecular weight excluding hydrogens is 322 g/mol. The quantitative estimate of drug-likeness (QED) is 0.443. The first kappa shape index (κ1) is 16.4. The minimum absolute atomic E-state index is 0.0126. The van der Waals surface area contributed by atoms with Gasteiger partial charge in [-0.05, 0) is 6.92 Å². The van der Waals surface area contributed by atoms with Crippen LogP contribution < -0.4 is 10.9 Å². The summed E-state index contributed by atoms with van der Waals surface area (Å²) < 4.78 is 7.00. The van der Waals surface area contributed by atoms with E-state index in [0.29, 0.717) is 0 Å². The van der Waals surface area contributed by atoms with Crippen LogP contribution in [-0.4, -0.2) is 65.7 Å². The maximum atomic E-state index is 12.1. The number of nitrogens with one attached hydrogen (secondary N) is 2. The second-order valence-electron chi connectivity index (χ2n) is 5.56. The summed E-state index contributed by atoms with van der Waals surface area (Å²) >= 11 is 0. The molecule has 0 saturated carbocycles. The number of hydrogen-bond acceptors (Lipinski definition) is 8. The third-order valence-corrected chi connectivity index (χ3v) is 3.85. The van der Waals surface area contributed by atoms with Crippen molar-refractivity contribution in [3.05, 3.63) is 16.7 Å². The molecule has 3 rings (SSSR count). The summed E-state index contributed by atoms with van der Waals surface area (Å²) in [5.74, 6) is -1.11. The highest BCUT2D eigenvalue weighted by atomic mass is 16.5. The number of aliphatic hydroxyl groups excluding tert-OH is 2. The highest BCUT2D eigenvalue weighted by Crippen LogP contribution is 2.30. The lowest BCUT2D eigenvalue weighted by molar-refractivity contribution is -0.137. The van der Waals surface area contributed by atoms with Crippen LogP contribution in [-0.2, 0) is 9.53 Å². The molecule has 5 N–H and O–H groups in total. The number of ether oxygens (including phenoxy) is 1. The lowest BCUT2D eigenvalue weighted by Gasteiger charge is -2.14. The first-order valence-corrected chi connectivity index (χ1v) is 7.31. The minimum atomic E-state index is -1.10. The molecule has 1 aliphatic rings. The number of carboxylic acid groups (broad SMARTS) is 1. The van der Waals surface area contributed by atoms with Crippen LogP contribution in [0.4, 0.5) is 5.95 Å². The van der Waals surface area contributed by atoms with E-state index < -0.39 is 36.0 Å². The number of H-pyrrole nitrogens is 1. The predicted octanol–water partition coefficient (Wildman–Crippen LogP) is -1.35. The molecule has 4 atom stereocenters. The standard InChI is InChI=1S/C13H17N5O6/c1-5(12(22)23)15-13-16-10-9(11(21)17-13)14-4-18(10)8-2-6(20)7(3-19)24-8/h4-8,19-20H,2-3H2,1H3,(H,22,23)(H2,15,16,17,21)/t5-,6-,7+,8+/m0/s1. The van der Waals surface area contributed by atoms with E-state index in [1.807, 2.05) is 0 Å². The van der Waals surface area contributed by atoms with Crippen molar-refractivity contribution in [3.63, 3.8) is 0 Å². The molecule has 2 aromatic rings. The first-order valence-electron chi connectivity index (χ1n) is 7.31. The molecule has 0 bridgehead atoms. The topological polar surface area (TPSA) is 163 Å². The van der Waals surface area contributed by atoms with Gasteiger partial charge in [0.25, 0.3) is 5.56 Å². The summed E-state index contributed by atoms with van der Waals surface area (Å²) in [5, 5.41) is 30.5. The Balaban J connectivity index is 1.97. The number of aromatic nitrogens is 4. The number of carboxylic acids is 1. The molecule has 0 aliphatic carbocycles. The summed E-state index contributed by atoms with van der Waals surface area (Å²) in [6.07, 6.45) is -0.641. The molecule has 1 aliphatic heterocycles. The Morgan fingerprint density at radius 1 is 1.62 bits per heavy atom. The smallest absolute Gasteiger partial charge is 0.325 e. The maximum absolute atomic E-state index is 12.1. The number of carbonyl (C=O) groups is 1. The summed E-state index contributed by atoms with van der Waals surface area (Å²) in [5.41, 5.74) is -0.278. The third-order valence-electron chi connectivity index (χ3n) is 3.85. The molecule has 2 aromatic heterocycles. The lowest BCUT2D eigenvalue weighted by Crippen LogP contribution is -2.28. The number of hydrogen-bond donors (Lipinski definition) is 5. The van der Waals surface area contributed by atoms with Crippen molar-refractivity contribution in [1.29, 1.82) is 0 Å². The molecular formula is C13H17N5O6. The Morgan fingerprint density at radius 2 is 2.38 bits per heavy atom. The van der Waals surface area contributed by atoms with Crippen LogP contribution in [0.15, 0.2) is 11.1 Å². The van der Waals surface area contributed by atoms with Crippen molar-refractivity contribution in [3.8, 4) is 0 Å². The van der Waals surface area contributed by atoms with E-state index in [0.717, 1.165) is 0 Å². The molecule has 3 heterocycles. The van der Waals surface area contributed by atoms with Crippen molar-refractivity contribution in [2.75, 3.05) is 11.9 Å². The molecule has 0 radical (unpaired) electrons. The molecule has 0 unspecified atom stereocenters. The Kier molecular flexibility index (Phi) is 4.22. The maximum Gasteiger partial charge on any atom is 0.325 e. The van der Waals surface area contributed by atoms with Gasteiger partial charge in [-0.15, -0.1) is 0 Å².